The molecule has 14 heavy (non-hydrogen) atoms. The highest BCUT2D eigenvalue weighted by Crippen LogP contribution is 2.41. The second-order valence-corrected chi connectivity index (χ2v) is 4.16. The number of nitrogens with one attached hydrogen (secondary N) is 1. The van der Waals surface area contributed by atoms with Gasteiger partial charge in [0.25, 0.3) is 0 Å². The highest BCUT2D eigenvalue weighted by Gasteiger charge is 2.31. The summed E-state index contributed by atoms with van der Waals surface area (Å²) < 4.78 is 0. The van der Waals surface area contributed by atoms with Crippen molar-refractivity contribution in [1.82, 2.24) is 5.32 Å². The summed E-state index contributed by atoms with van der Waals surface area (Å²) in [7, 11) is 2.08. The summed E-state index contributed by atoms with van der Waals surface area (Å²) in [6.45, 7) is 2.23. The van der Waals surface area contributed by atoms with Gasteiger partial charge in [-0.3, -0.25) is 0 Å². The van der Waals surface area contributed by atoms with Crippen molar-refractivity contribution in [2.45, 2.75) is 32.2 Å². The van der Waals surface area contributed by atoms with Crippen molar-refractivity contribution in [3.05, 3.63) is 35.4 Å². The van der Waals surface area contributed by atoms with Crippen LogP contribution in [0.3, 0.4) is 0 Å². The van der Waals surface area contributed by atoms with Gasteiger partial charge in [-0.2, -0.15) is 0 Å². The molecule has 0 saturated heterocycles. The van der Waals surface area contributed by atoms with Gasteiger partial charge in [0.05, 0.1) is 0 Å². The molecule has 2 rings (SSSR count). The van der Waals surface area contributed by atoms with Gasteiger partial charge in [-0.25, -0.2) is 0 Å². The summed E-state index contributed by atoms with van der Waals surface area (Å²) >= 11 is 0. The van der Waals surface area contributed by atoms with Crippen molar-refractivity contribution in [2.24, 2.45) is 5.92 Å². The third-order valence-corrected chi connectivity index (χ3v) is 3.18. The molecule has 0 spiro atoms. The zero-order valence-corrected chi connectivity index (χ0v) is 9.09. The number of hydrogen-bond donors (Lipinski definition) is 1. The lowest BCUT2D eigenvalue weighted by Crippen LogP contribution is -2.19. The standard InChI is InChI=1S/C13H19N/c1-3-10-6-4-5-7-12(10)13(14-2)11-8-9-11/h4-7,11,13-14H,3,8-9H2,1-2H3. The Balaban J connectivity index is 2.27. The van der Waals surface area contributed by atoms with E-state index in [0.717, 1.165) is 12.3 Å². The molecule has 0 aromatic heterocycles. The number of aryl methyl sites for hydroxylation is 1. The smallest absolute Gasteiger partial charge is 0.0348 e. The third kappa shape index (κ3) is 1.83. The number of hydrogen-bond acceptors (Lipinski definition) is 1. The molecule has 1 unspecified atom stereocenters. The summed E-state index contributed by atoms with van der Waals surface area (Å²) in [5.41, 5.74) is 3.01. The molecular formula is C13H19N. The monoisotopic (exact) mass is 189 g/mol. The van der Waals surface area contributed by atoms with Gasteiger partial charge in [0.2, 0.25) is 0 Å². The van der Waals surface area contributed by atoms with Crippen LogP contribution in [0.1, 0.15) is 36.9 Å². The van der Waals surface area contributed by atoms with E-state index in [0.29, 0.717) is 6.04 Å². The summed E-state index contributed by atoms with van der Waals surface area (Å²) in [4.78, 5) is 0. The maximum Gasteiger partial charge on any atom is 0.0348 e. The van der Waals surface area contributed by atoms with Gasteiger partial charge >= 0.3 is 0 Å². The van der Waals surface area contributed by atoms with Crippen molar-refractivity contribution >= 4 is 0 Å². The molecule has 1 N–H and O–H groups in total. The molecular weight excluding hydrogens is 170 g/mol. The van der Waals surface area contributed by atoms with Crippen LogP contribution in [0.4, 0.5) is 0 Å². The molecule has 0 radical (unpaired) electrons. The summed E-state index contributed by atoms with van der Waals surface area (Å²) in [6, 6.07) is 9.41. The first-order chi connectivity index (χ1) is 6.86. The fraction of sp³-hybridized carbons (Fsp3) is 0.538. The van der Waals surface area contributed by atoms with Crippen molar-refractivity contribution in [1.29, 1.82) is 0 Å². The second kappa shape index (κ2) is 4.14. The van der Waals surface area contributed by atoms with Gasteiger partial charge in [-0.1, -0.05) is 31.2 Å². The Morgan fingerprint density at radius 3 is 2.64 bits per heavy atom. The lowest BCUT2D eigenvalue weighted by Gasteiger charge is -2.19. The Hall–Kier alpha value is -0.820. The molecule has 1 nitrogen and oxygen atoms in total. The molecule has 1 aromatic carbocycles. The minimum Gasteiger partial charge on any atom is -0.313 e. The molecule has 1 saturated carbocycles. The first kappa shape index (κ1) is 9.72. The van der Waals surface area contributed by atoms with Crippen LogP contribution in [0.5, 0.6) is 0 Å². The van der Waals surface area contributed by atoms with E-state index in [1.54, 1.807) is 0 Å². The van der Waals surface area contributed by atoms with Crippen molar-refractivity contribution in [3.63, 3.8) is 0 Å². The molecule has 76 valence electrons. The lowest BCUT2D eigenvalue weighted by molar-refractivity contribution is 0.525. The Morgan fingerprint density at radius 2 is 2.07 bits per heavy atom. The normalized spacial score (nSPS) is 18.1. The third-order valence-electron chi connectivity index (χ3n) is 3.18. The Morgan fingerprint density at radius 1 is 1.36 bits per heavy atom. The minimum absolute atomic E-state index is 0.589. The average molecular weight is 189 g/mol. The molecule has 0 aliphatic heterocycles. The van der Waals surface area contributed by atoms with Crippen LogP contribution >= 0.6 is 0 Å². The van der Waals surface area contributed by atoms with Gasteiger partial charge < -0.3 is 5.32 Å². The maximum absolute atomic E-state index is 3.46. The zero-order chi connectivity index (χ0) is 9.97. The molecule has 0 heterocycles. The van der Waals surface area contributed by atoms with E-state index in [9.17, 15) is 0 Å². The van der Waals surface area contributed by atoms with Crippen LogP contribution in [0.2, 0.25) is 0 Å². The minimum atomic E-state index is 0.589. The predicted octanol–water partition coefficient (Wildman–Crippen LogP) is 2.92. The zero-order valence-electron chi connectivity index (χ0n) is 9.09. The average Bonchev–Trinajstić information content (AvgIpc) is 3.04. The van der Waals surface area contributed by atoms with Crippen LogP contribution in [-0.4, -0.2) is 7.05 Å². The van der Waals surface area contributed by atoms with Crippen LogP contribution < -0.4 is 5.32 Å². The van der Waals surface area contributed by atoms with Crippen LogP contribution in [0.15, 0.2) is 24.3 Å². The fourth-order valence-electron chi connectivity index (χ4n) is 2.23. The van der Waals surface area contributed by atoms with Gasteiger partial charge in [-0.15, -0.1) is 0 Å². The topological polar surface area (TPSA) is 12.0 Å². The predicted molar refractivity (Wildman–Crippen MR) is 60.3 cm³/mol. The molecule has 0 amide bonds. The lowest BCUT2D eigenvalue weighted by atomic mass is 9.96. The second-order valence-electron chi connectivity index (χ2n) is 4.16. The van der Waals surface area contributed by atoms with Crippen molar-refractivity contribution < 1.29 is 0 Å². The molecule has 1 atom stereocenters. The van der Waals surface area contributed by atoms with E-state index >= 15 is 0 Å². The molecule has 1 aliphatic carbocycles. The first-order valence-corrected chi connectivity index (χ1v) is 5.62. The molecule has 1 fully saturated rings. The van der Waals surface area contributed by atoms with Crippen LogP contribution in [-0.2, 0) is 6.42 Å². The van der Waals surface area contributed by atoms with E-state index < -0.39 is 0 Å². The quantitative estimate of drug-likeness (QED) is 0.768. The Kier molecular flexibility index (Phi) is 2.87. The Labute approximate surface area is 86.5 Å². The van der Waals surface area contributed by atoms with E-state index in [1.165, 1.54) is 24.0 Å². The summed E-state index contributed by atoms with van der Waals surface area (Å²) in [5, 5.41) is 3.46. The maximum atomic E-state index is 3.46. The summed E-state index contributed by atoms with van der Waals surface area (Å²) in [6.07, 6.45) is 3.92. The SMILES string of the molecule is CCc1ccccc1C(NC)C1CC1. The van der Waals surface area contributed by atoms with Crippen molar-refractivity contribution in [3.8, 4) is 0 Å². The van der Waals surface area contributed by atoms with E-state index in [-0.39, 0.29) is 0 Å². The molecule has 1 aliphatic rings. The van der Waals surface area contributed by atoms with E-state index in [2.05, 4.69) is 43.6 Å². The molecule has 0 bridgehead atoms. The van der Waals surface area contributed by atoms with Gasteiger partial charge in [0, 0.05) is 6.04 Å². The van der Waals surface area contributed by atoms with Crippen LogP contribution in [0, 0.1) is 5.92 Å². The van der Waals surface area contributed by atoms with Gasteiger partial charge in [0.15, 0.2) is 0 Å². The van der Waals surface area contributed by atoms with Gasteiger partial charge in [0.1, 0.15) is 0 Å². The summed E-state index contributed by atoms with van der Waals surface area (Å²) in [5.74, 6) is 0.882. The van der Waals surface area contributed by atoms with Crippen LogP contribution in [0.25, 0.3) is 0 Å². The highest BCUT2D eigenvalue weighted by atomic mass is 14.9. The molecule has 1 aromatic rings. The van der Waals surface area contributed by atoms with Gasteiger partial charge in [-0.05, 0) is 43.4 Å². The fourth-order valence-corrected chi connectivity index (χ4v) is 2.23. The number of rotatable bonds is 4. The van der Waals surface area contributed by atoms with E-state index in [4.69, 9.17) is 0 Å². The van der Waals surface area contributed by atoms with E-state index in [1.807, 2.05) is 0 Å². The largest absolute Gasteiger partial charge is 0.313 e. The first-order valence-electron chi connectivity index (χ1n) is 5.62. The highest BCUT2D eigenvalue weighted by molar-refractivity contribution is 5.31. The number of benzene rings is 1. The molecule has 1 heteroatoms. The van der Waals surface area contributed by atoms with Crippen molar-refractivity contribution in [2.75, 3.05) is 7.05 Å². The Bertz CT molecular complexity index is 302.